The lowest BCUT2D eigenvalue weighted by molar-refractivity contribution is 0.180. The van der Waals surface area contributed by atoms with Gasteiger partial charge in [0.2, 0.25) is 0 Å². The molecule has 2 fully saturated rings. The molecule has 27 heteroatoms. The Labute approximate surface area is 454 Å². The van der Waals surface area contributed by atoms with E-state index in [0.29, 0.717) is 22.5 Å². The Kier molecular flexibility index (Phi) is 21.0. The van der Waals surface area contributed by atoms with Gasteiger partial charge in [-0.3, -0.25) is 9.13 Å². The van der Waals surface area contributed by atoms with Gasteiger partial charge in [0.25, 0.3) is 0 Å². The van der Waals surface area contributed by atoms with E-state index in [9.17, 15) is 31.5 Å². The van der Waals surface area contributed by atoms with Gasteiger partial charge in [0.05, 0.1) is 18.5 Å². The summed E-state index contributed by atoms with van der Waals surface area (Å²) in [5.41, 5.74) is 4.39. The number of ether oxygens (including phenoxy) is 1. The Morgan fingerprint density at radius 1 is 0.639 bits per heavy atom. The third kappa shape index (κ3) is 17.0. The number of rotatable bonds is 11. The standard InChI is InChI=1S/C23H27N5O5S.C22H25N5O5S.BBr3.BrH/c1-26(18-10-12-27(13-11-18)19-6-8-20(32-2)9-7-19)23(29)28-15-22(25-16-28)17-4-3-5-21(14-17)33-34(24,30)31;1-25(17-9-11-26(12-10-17)18-5-7-19(28)8-6-18)22(29)27-14-21(24-15-27)16-3-2-4-20(13-16)32-33(23,30)31;2-1(3)4;/h3-9,14-16,18H,10-13H2,1-2H3,(H2,24,30,31);2-8,13-15,17,28H,9-12H2,1H3,(H2,23,30,31);;1H. The number of imidazole rings is 2. The second-order valence-corrected chi connectivity index (χ2v) is 25.0. The molecule has 0 atom stereocenters. The van der Waals surface area contributed by atoms with Gasteiger partial charge in [-0.2, -0.15) is 27.1 Å². The molecule has 0 unspecified atom stereocenters. The highest BCUT2D eigenvalue weighted by atomic mass is 79.9. The lowest BCUT2D eigenvalue weighted by Gasteiger charge is -2.37. The molecule has 0 bridgehead atoms. The van der Waals surface area contributed by atoms with E-state index in [2.05, 4.69) is 67.0 Å². The number of phenols is 1. The molecule has 4 aromatic carbocycles. The summed E-state index contributed by atoms with van der Waals surface area (Å²) in [6.07, 6.45) is 9.43. The second-order valence-electron chi connectivity index (χ2n) is 16.2. The molecule has 2 saturated heterocycles. The van der Waals surface area contributed by atoms with Crippen molar-refractivity contribution in [2.45, 2.75) is 37.8 Å². The van der Waals surface area contributed by atoms with Crippen LogP contribution in [0.1, 0.15) is 25.7 Å². The lowest BCUT2D eigenvalue weighted by atomic mass is 10.0. The first kappa shape index (κ1) is 57.7. The van der Waals surface area contributed by atoms with Crippen LogP contribution in [-0.2, 0) is 20.6 Å². The van der Waals surface area contributed by atoms with Gasteiger partial charge in [0, 0.05) is 87.3 Å². The van der Waals surface area contributed by atoms with Gasteiger partial charge < -0.3 is 37.8 Å². The summed E-state index contributed by atoms with van der Waals surface area (Å²) in [4.78, 5) is 42.7. The fourth-order valence-electron chi connectivity index (χ4n) is 7.99. The Morgan fingerprint density at radius 3 is 1.35 bits per heavy atom. The molecule has 20 nitrogen and oxygen atoms in total. The Bertz CT molecular complexity index is 2960. The van der Waals surface area contributed by atoms with E-state index in [1.165, 1.54) is 46.1 Å². The topological polar surface area (TPSA) is 251 Å². The number of piperidine rings is 2. The summed E-state index contributed by atoms with van der Waals surface area (Å²) in [7, 11) is -3.03. The van der Waals surface area contributed by atoms with Crippen LogP contribution in [0.4, 0.5) is 21.0 Å². The molecule has 386 valence electrons. The zero-order valence-corrected chi connectivity index (χ0v) is 47.3. The molecular weight excluding hydrogens is 1240 g/mol. The second kappa shape index (κ2) is 26.2. The van der Waals surface area contributed by atoms with Crippen LogP contribution in [0.3, 0.4) is 0 Å². The predicted octanol–water partition coefficient (Wildman–Crippen LogP) is 7.85. The maximum absolute atomic E-state index is 13.1. The van der Waals surface area contributed by atoms with Crippen molar-refractivity contribution in [3.63, 3.8) is 0 Å². The number of amides is 2. The van der Waals surface area contributed by atoms with Crippen molar-refractivity contribution in [2.75, 3.05) is 57.2 Å². The molecule has 2 aliphatic rings. The smallest absolute Gasteiger partial charge is 0.380 e. The van der Waals surface area contributed by atoms with Crippen molar-refractivity contribution in [3.05, 3.63) is 122 Å². The molecule has 5 N–H and O–H groups in total. The number of carbonyl (C=O) groups excluding carboxylic acids is 2. The SMILES string of the molecule is Br.BrB(Br)Br.CN(C(=O)n1cnc(-c2cccc(OS(N)(=O)=O)c2)c1)C1CCN(c2ccc(O)cc2)CC1.COc1ccc(N2CCC(N(C)C(=O)n3cnc(-c4cccc(OS(N)(=O)=O)c4)c3)CC2)cc1. The minimum Gasteiger partial charge on any atom is -0.508 e. The van der Waals surface area contributed by atoms with Crippen molar-refractivity contribution in [1.82, 2.24) is 28.9 Å². The highest BCUT2D eigenvalue weighted by Gasteiger charge is 2.28. The third-order valence-corrected chi connectivity index (χ3v) is 12.4. The van der Waals surface area contributed by atoms with Crippen LogP contribution >= 0.6 is 64.3 Å². The number of hydrogen-bond acceptors (Lipinski definition) is 14. The molecular formula is C45H53BBr4N10O10S2. The minimum absolute atomic E-state index is 0. The highest BCUT2D eigenvalue weighted by molar-refractivity contribution is 9.69. The van der Waals surface area contributed by atoms with Crippen molar-refractivity contribution in [3.8, 4) is 45.5 Å². The molecule has 6 aromatic rings. The predicted molar refractivity (Wildman–Crippen MR) is 294 cm³/mol. The summed E-state index contributed by atoms with van der Waals surface area (Å²) in [5, 5.41) is 19.3. The summed E-state index contributed by atoms with van der Waals surface area (Å²) >= 11 is 9.31. The average molecular weight is 1290 g/mol. The maximum Gasteiger partial charge on any atom is 0.380 e. The Morgan fingerprint density at radius 2 is 1.00 bits per heavy atom. The number of carbonyl (C=O) groups is 2. The number of anilines is 2. The monoisotopic (exact) mass is 1280 g/mol. The molecule has 2 aliphatic heterocycles. The van der Waals surface area contributed by atoms with E-state index in [4.69, 9.17) is 23.4 Å². The maximum atomic E-state index is 13.1. The van der Waals surface area contributed by atoms with E-state index < -0.39 is 20.6 Å². The summed E-state index contributed by atoms with van der Waals surface area (Å²) in [5.74, 6) is 1.20. The summed E-state index contributed by atoms with van der Waals surface area (Å²) in [6.45, 7) is 3.31. The number of benzene rings is 4. The van der Waals surface area contributed by atoms with Gasteiger partial charge in [-0.05, 0) is 98.5 Å². The third-order valence-electron chi connectivity index (χ3n) is 11.6. The first-order valence-electron chi connectivity index (χ1n) is 21.8. The van der Waals surface area contributed by atoms with Gasteiger partial charge in [-0.25, -0.2) is 19.6 Å². The Hall–Kier alpha value is -5.16. The van der Waals surface area contributed by atoms with Gasteiger partial charge in [0.1, 0.15) is 35.7 Å². The van der Waals surface area contributed by atoms with E-state index in [1.54, 1.807) is 79.8 Å². The van der Waals surface area contributed by atoms with Crippen LogP contribution in [-0.4, -0.2) is 126 Å². The molecule has 2 amide bonds. The van der Waals surface area contributed by atoms with Gasteiger partial charge in [-0.15, -0.1) is 64.3 Å². The van der Waals surface area contributed by atoms with Gasteiger partial charge in [-0.1, -0.05) is 24.3 Å². The van der Waals surface area contributed by atoms with Crippen LogP contribution in [0.5, 0.6) is 23.0 Å². The van der Waals surface area contributed by atoms with E-state index in [-0.39, 0.29) is 61.6 Å². The minimum atomic E-state index is -4.13. The molecule has 8 rings (SSSR count). The fraction of sp³-hybridized carbons (Fsp3) is 0.289. The zero-order valence-electron chi connectivity index (χ0n) is 39.1. The highest BCUT2D eigenvalue weighted by Crippen LogP contribution is 2.28. The number of aromatic hydroxyl groups is 1. The zero-order chi connectivity index (χ0) is 51.5. The lowest BCUT2D eigenvalue weighted by Crippen LogP contribution is -2.46. The first-order chi connectivity index (χ1) is 33.7. The summed E-state index contributed by atoms with van der Waals surface area (Å²) in [6, 6.07) is 27.6. The largest absolute Gasteiger partial charge is 0.508 e. The van der Waals surface area contributed by atoms with Crippen molar-refractivity contribution in [1.29, 1.82) is 0 Å². The van der Waals surface area contributed by atoms with Crippen molar-refractivity contribution >= 4 is 111 Å². The molecule has 0 radical (unpaired) electrons. The van der Waals surface area contributed by atoms with Gasteiger partial charge in [0.15, 0.2) is 0 Å². The van der Waals surface area contributed by atoms with Crippen molar-refractivity contribution < 1.29 is 44.6 Å². The number of methoxy groups -OCH3 is 1. The van der Waals surface area contributed by atoms with Crippen LogP contribution in [0, 0.1) is 0 Å². The number of aromatic nitrogens is 4. The quantitative estimate of drug-likeness (QED) is 0.105. The van der Waals surface area contributed by atoms with Crippen LogP contribution in [0.15, 0.2) is 122 Å². The van der Waals surface area contributed by atoms with Crippen LogP contribution in [0.2, 0.25) is 0 Å². The first-order valence-corrected chi connectivity index (χ1v) is 27.5. The fourth-order valence-corrected chi connectivity index (χ4v) is 8.74. The van der Waals surface area contributed by atoms with E-state index in [0.717, 1.165) is 69.0 Å². The van der Waals surface area contributed by atoms with Crippen LogP contribution in [0.25, 0.3) is 22.5 Å². The number of hydrogen-bond donors (Lipinski definition) is 3. The van der Waals surface area contributed by atoms with Gasteiger partial charge >= 0.3 is 35.9 Å². The molecule has 0 spiro atoms. The van der Waals surface area contributed by atoms with Crippen LogP contribution < -0.4 is 33.2 Å². The number of phenolic OH excluding ortho intramolecular Hbond substituents is 1. The van der Waals surface area contributed by atoms with E-state index >= 15 is 0 Å². The molecule has 0 aliphatic carbocycles. The molecule has 4 heterocycles. The van der Waals surface area contributed by atoms with E-state index in [1.807, 2.05) is 36.4 Å². The normalized spacial score (nSPS) is 14.1. The summed E-state index contributed by atoms with van der Waals surface area (Å²) < 4.78 is 62.4. The number of nitrogens with two attached hydrogens (primary N) is 2. The number of nitrogens with zero attached hydrogens (tertiary/aromatic N) is 8. The average Bonchev–Trinajstić information content (AvgIpc) is 4.05. The molecule has 72 heavy (non-hydrogen) atoms. The molecule has 2 aromatic heterocycles. The molecule has 0 saturated carbocycles. The van der Waals surface area contributed by atoms with Crippen molar-refractivity contribution in [2.24, 2.45) is 10.3 Å². The Balaban J connectivity index is 0.000000246. The number of halogens is 4.